The Bertz CT molecular complexity index is 7500. The third kappa shape index (κ3) is 13.1. The van der Waals surface area contributed by atoms with Gasteiger partial charge in [0.2, 0.25) is 0 Å². The van der Waals surface area contributed by atoms with Gasteiger partial charge < -0.3 is 0 Å². The van der Waals surface area contributed by atoms with Crippen molar-refractivity contribution in [2.75, 3.05) is 0 Å². The van der Waals surface area contributed by atoms with E-state index >= 15 is 0 Å². The standard InChI is InChI=1S/C44H28N2.C36H24.C35H23N/c1-2-12-29(13-3-1)30-22-24-31(25-23-30)44-45-42(40-26-32-14-4-6-16-34(32)36-18-8-10-20-38(36)40)28-43(46-44)41-27-33-15-5-7-17-35(33)37-19-9-11-21-39(37)41;1-2-12-27(13-3-1)35-31-16-6-8-18-33(31)36(34-19-9-7-17-32(34)35)28-23-21-26(22-24-28)30-20-10-14-25-11-4-5-15-29(25)30;1-2-9-27-22-28(20-17-24(27)8-1)35-32-13-5-3-11-30(32)34(31-12-4-6-14-33(31)35)26-18-15-25(16-19-26)29-10-7-21-36-23-29/h1-28H;1-24H;1-23H. The first-order chi connectivity index (χ1) is 58.5. The third-order valence-corrected chi connectivity index (χ3v) is 23.5. The van der Waals surface area contributed by atoms with Gasteiger partial charge in [0.25, 0.3) is 0 Å². The van der Waals surface area contributed by atoms with Crippen molar-refractivity contribution in [2.24, 2.45) is 0 Å². The van der Waals surface area contributed by atoms with Gasteiger partial charge in [-0.2, -0.15) is 0 Å². The fourth-order valence-electron chi connectivity index (χ4n) is 17.9. The van der Waals surface area contributed by atoms with Crippen LogP contribution < -0.4 is 0 Å². The number of rotatable bonds is 10. The zero-order chi connectivity index (χ0) is 78.2. The lowest BCUT2D eigenvalue weighted by Gasteiger charge is -2.18. The second-order valence-electron chi connectivity index (χ2n) is 30.3. The predicted molar refractivity (Wildman–Crippen MR) is 502 cm³/mol. The minimum Gasteiger partial charge on any atom is -0.264 e. The average molecular weight is 1500 g/mol. The van der Waals surface area contributed by atoms with E-state index in [1.54, 1.807) is 0 Å². The molecule has 21 aromatic carbocycles. The summed E-state index contributed by atoms with van der Waals surface area (Å²) in [6.45, 7) is 0. The lowest BCUT2D eigenvalue weighted by Crippen LogP contribution is -1.97. The quantitative estimate of drug-likeness (QED) is 0.101. The van der Waals surface area contributed by atoms with E-state index in [1.165, 1.54) is 180 Å². The molecule has 0 bridgehead atoms. The van der Waals surface area contributed by atoms with Gasteiger partial charge >= 0.3 is 0 Å². The molecule has 0 aliphatic rings. The molecule has 0 aliphatic heterocycles. The van der Waals surface area contributed by atoms with Gasteiger partial charge in [-0.05, 0) is 216 Å². The Morgan fingerprint density at radius 1 is 0.144 bits per heavy atom. The Kier molecular flexibility index (Phi) is 18.3. The van der Waals surface area contributed by atoms with Crippen molar-refractivity contribution >= 4 is 108 Å². The number of hydrogen-bond donors (Lipinski definition) is 0. The van der Waals surface area contributed by atoms with Crippen LogP contribution in [0.5, 0.6) is 0 Å². The fraction of sp³-hybridized carbons (Fsp3) is 0. The molecule has 550 valence electrons. The van der Waals surface area contributed by atoms with E-state index in [-0.39, 0.29) is 0 Å². The van der Waals surface area contributed by atoms with Crippen LogP contribution in [0.25, 0.3) is 220 Å². The molecule has 0 saturated carbocycles. The summed E-state index contributed by atoms with van der Waals surface area (Å²) >= 11 is 0. The number of pyridine rings is 1. The number of hydrogen-bond acceptors (Lipinski definition) is 3. The topological polar surface area (TPSA) is 38.7 Å². The van der Waals surface area contributed by atoms with E-state index in [1.807, 2.05) is 24.5 Å². The molecule has 23 rings (SSSR count). The van der Waals surface area contributed by atoms with Gasteiger partial charge in [0.05, 0.1) is 11.4 Å². The molecular formula is C115H75N3. The van der Waals surface area contributed by atoms with Crippen LogP contribution in [0.4, 0.5) is 0 Å². The number of fused-ring (bicyclic) bond motifs is 12. The third-order valence-electron chi connectivity index (χ3n) is 23.5. The predicted octanol–water partition coefficient (Wildman–Crippen LogP) is 31.4. The van der Waals surface area contributed by atoms with Crippen LogP contribution in [0.15, 0.2) is 455 Å². The first kappa shape index (κ1) is 70.3. The van der Waals surface area contributed by atoms with E-state index < -0.39 is 0 Å². The summed E-state index contributed by atoms with van der Waals surface area (Å²) in [5.74, 6) is 0.710. The van der Waals surface area contributed by atoms with Crippen molar-refractivity contribution in [2.45, 2.75) is 0 Å². The molecule has 23 aromatic rings. The second kappa shape index (κ2) is 30.8. The van der Waals surface area contributed by atoms with Crippen molar-refractivity contribution in [3.63, 3.8) is 0 Å². The van der Waals surface area contributed by atoms with Crippen molar-refractivity contribution in [3.8, 4) is 112 Å². The smallest absolute Gasteiger partial charge is 0.160 e. The highest BCUT2D eigenvalue weighted by Gasteiger charge is 2.22. The zero-order valence-electron chi connectivity index (χ0n) is 64.6. The van der Waals surface area contributed by atoms with E-state index in [0.29, 0.717) is 5.82 Å². The van der Waals surface area contributed by atoms with Gasteiger partial charge in [-0.25, -0.2) is 9.97 Å². The highest BCUT2D eigenvalue weighted by molar-refractivity contribution is 6.24. The van der Waals surface area contributed by atoms with E-state index in [2.05, 4.69) is 436 Å². The monoisotopic (exact) mass is 1500 g/mol. The molecule has 0 atom stereocenters. The first-order valence-corrected chi connectivity index (χ1v) is 40.4. The minimum atomic E-state index is 0.710. The van der Waals surface area contributed by atoms with E-state index in [0.717, 1.165) is 33.6 Å². The van der Waals surface area contributed by atoms with E-state index in [9.17, 15) is 0 Å². The average Bonchev–Trinajstić information content (AvgIpc) is 0.729. The summed E-state index contributed by atoms with van der Waals surface area (Å²) in [4.78, 5) is 14.9. The van der Waals surface area contributed by atoms with Crippen LogP contribution in [-0.2, 0) is 0 Å². The maximum Gasteiger partial charge on any atom is 0.160 e. The number of aromatic nitrogens is 3. The van der Waals surface area contributed by atoms with Crippen molar-refractivity contribution in [1.29, 1.82) is 0 Å². The molecule has 118 heavy (non-hydrogen) atoms. The zero-order valence-corrected chi connectivity index (χ0v) is 64.6. The van der Waals surface area contributed by atoms with Crippen LogP contribution in [0.2, 0.25) is 0 Å². The summed E-state index contributed by atoms with van der Waals surface area (Å²) in [6.07, 6.45) is 3.73. The van der Waals surface area contributed by atoms with Gasteiger partial charge in [-0.15, -0.1) is 0 Å². The van der Waals surface area contributed by atoms with Crippen LogP contribution in [0.3, 0.4) is 0 Å². The van der Waals surface area contributed by atoms with Crippen LogP contribution in [0, 0.1) is 0 Å². The van der Waals surface area contributed by atoms with Gasteiger partial charge in [0.1, 0.15) is 0 Å². The highest BCUT2D eigenvalue weighted by atomic mass is 14.9. The van der Waals surface area contributed by atoms with Gasteiger partial charge in [-0.3, -0.25) is 4.98 Å². The van der Waals surface area contributed by atoms with Gasteiger partial charge in [-0.1, -0.05) is 413 Å². The largest absolute Gasteiger partial charge is 0.264 e. The molecule has 0 unspecified atom stereocenters. The highest BCUT2D eigenvalue weighted by Crippen LogP contribution is 2.48. The SMILES string of the molecule is c1ccc(-c2c3ccccc3c(-c3ccc(-c4cccc5ccccc45)cc3)c3ccccc23)cc1.c1ccc(-c2ccc(-c3nc(-c4cc5ccccc5c5ccccc45)cc(-c4cc5ccccc5c5ccccc45)n3)cc2)cc1.c1cncc(-c2ccc(-c3c4ccccc4c(-c4ccc5ccccc5c4)c4ccccc34)cc2)c1. The Morgan fingerprint density at radius 3 is 0.924 bits per heavy atom. The summed E-state index contributed by atoms with van der Waals surface area (Å²) < 4.78 is 0. The number of benzene rings is 21. The van der Waals surface area contributed by atoms with Gasteiger partial charge in [0.15, 0.2) is 5.82 Å². The molecule has 0 N–H and O–H groups in total. The van der Waals surface area contributed by atoms with Gasteiger partial charge in [0, 0.05) is 29.1 Å². The minimum absolute atomic E-state index is 0.710. The molecule has 0 aliphatic carbocycles. The Labute approximate surface area is 685 Å². The summed E-state index contributed by atoms with van der Waals surface area (Å²) in [5, 5.41) is 25.0. The molecule has 2 heterocycles. The molecule has 3 heteroatoms. The summed E-state index contributed by atoms with van der Waals surface area (Å²) in [7, 11) is 0. The normalized spacial score (nSPS) is 11.4. The number of nitrogens with zero attached hydrogens (tertiary/aromatic N) is 3. The molecule has 0 fully saturated rings. The molecule has 0 radical (unpaired) electrons. The lowest BCUT2D eigenvalue weighted by atomic mass is 9.85. The Balaban J connectivity index is 0.000000111. The molecule has 0 amide bonds. The second-order valence-corrected chi connectivity index (χ2v) is 30.3. The Morgan fingerprint density at radius 2 is 0.458 bits per heavy atom. The van der Waals surface area contributed by atoms with E-state index in [4.69, 9.17) is 9.97 Å². The molecule has 2 aromatic heterocycles. The van der Waals surface area contributed by atoms with Crippen LogP contribution in [0.1, 0.15) is 0 Å². The maximum absolute atomic E-state index is 5.29. The lowest BCUT2D eigenvalue weighted by molar-refractivity contribution is 1.19. The molecular weight excluding hydrogens is 1420 g/mol. The van der Waals surface area contributed by atoms with Crippen LogP contribution >= 0.6 is 0 Å². The molecule has 0 spiro atoms. The maximum atomic E-state index is 5.29. The molecule has 0 saturated heterocycles. The summed E-state index contributed by atoms with van der Waals surface area (Å²) in [6, 6.07) is 159. The summed E-state index contributed by atoms with van der Waals surface area (Å²) in [5.41, 5.74) is 22.3. The first-order valence-electron chi connectivity index (χ1n) is 40.4. The van der Waals surface area contributed by atoms with Crippen LogP contribution in [-0.4, -0.2) is 15.0 Å². The van der Waals surface area contributed by atoms with Crippen molar-refractivity contribution < 1.29 is 0 Å². The Hall–Kier alpha value is -15.6. The van der Waals surface area contributed by atoms with Crippen molar-refractivity contribution in [1.82, 2.24) is 15.0 Å². The molecule has 3 nitrogen and oxygen atoms in total. The van der Waals surface area contributed by atoms with Crippen molar-refractivity contribution in [3.05, 3.63) is 455 Å². The fourth-order valence-corrected chi connectivity index (χ4v) is 17.9.